The van der Waals surface area contributed by atoms with Crippen LogP contribution in [0.25, 0.3) is 0 Å². The second-order valence-corrected chi connectivity index (χ2v) is 3.13. The van der Waals surface area contributed by atoms with Crippen molar-refractivity contribution >= 4 is 0 Å². The van der Waals surface area contributed by atoms with Crippen molar-refractivity contribution in [1.29, 1.82) is 0 Å². The summed E-state index contributed by atoms with van der Waals surface area (Å²) in [7, 11) is 0. The molecule has 0 aliphatic heterocycles. The summed E-state index contributed by atoms with van der Waals surface area (Å²) in [5.41, 5.74) is 0. The van der Waals surface area contributed by atoms with E-state index in [0.717, 1.165) is 6.92 Å². The van der Waals surface area contributed by atoms with Gasteiger partial charge in [-0.15, -0.1) is 0 Å². The van der Waals surface area contributed by atoms with Crippen LogP contribution < -0.4 is 0 Å². The van der Waals surface area contributed by atoms with E-state index in [9.17, 15) is 18.3 Å². The molecule has 0 aliphatic carbocycles. The van der Waals surface area contributed by atoms with Gasteiger partial charge >= 0.3 is 6.18 Å². The maximum Gasteiger partial charge on any atom is 0.394 e. The Morgan fingerprint density at radius 2 is 2.14 bits per heavy atom. The number of aromatic nitrogens is 2. The van der Waals surface area contributed by atoms with Gasteiger partial charge in [0.25, 0.3) is 0 Å². The Balaban J connectivity index is 2.54. The highest BCUT2D eigenvalue weighted by molar-refractivity contribution is 4.80. The van der Waals surface area contributed by atoms with Crippen LogP contribution >= 0.6 is 0 Å². The minimum atomic E-state index is -4.37. The molecule has 6 heteroatoms. The van der Waals surface area contributed by atoms with Gasteiger partial charge in [0.2, 0.25) is 0 Å². The second kappa shape index (κ2) is 4.00. The first kappa shape index (κ1) is 11.0. The van der Waals surface area contributed by atoms with Gasteiger partial charge in [0, 0.05) is 12.4 Å². The number of nitrogens with zero attached hydrogens (tertiary/aromatic N) is 2. The van der Waals surface area contributed by atoms with Crippen LogP contribution in [0.4, 0.5) is 13.2 Å². The van der Waals surface area contributed by atoms with Crippen molar-refractivity contribution < 1.29 is 18.3 Å². The van der Waals surface area contributed by atoms with Crippen molar-refractivity contribution in [2.75, 3.05) is 0 Å². The Morgan fingerprint density at radius 3 is 2.57 bits per heavy atom. The van der Waals surface area contributed by atoms with Crippen LogP contribution in [0.5, 0.6) is 0 Å². The molecule has 0 aromatic carbocycles. The standard InChI is InChI=1S/C8H11F3N2O/c1-6(8(9,10)11)7(14)5-13-4-2-3-12-13/h2-4,6-7,14H,5H2,1H3. The minimum absolute atomic E-state index is 0.145. The number of hydrogen-bond donors (Lipinski definition) is 1. The Morgan fingerprint density at radius 1 is 1.50 bits per heavy atom. The average molecular weight is 208 g/mol. The molecule has 0 radical (unpaired) electrons. The number of halogens is 3. The van der Waals surface area contributed by atoms with Crippen molar-refractivity contribution in [2.45, 2.75) is 25.7 Å². The van der Waals surface area contributed by atoms with Gasteiger partial charge in [-0.05, 0) is 6.07 Å². The van der Waals surface area contributed by atoms with Gasteiger partial charge in [-0.25, -0.2) is 0 Å². The molecule has 0 saturated heterocycles. The van der Waals surface area contributed by atoms with E-state index >= 15 is 0 Å². The van der Waals surface area contributed by atoms with Gasteiger partial charge in [-0.2, -0.15) is 18.3 Å². The molecular formula is C8H11F3N2O. The molecule has 14 heavy (non-hydrogen) atoms. The van der Waals surface area contributed by atoms with Crippen molar-refractivity contribution in [1.82, 2.24) is 9.78 Å². The Kier molecular flexibility index (Phi) is 3.15. The molecule has 0 fully saturated rings. The molecular weight excluding hydrogens is 197 g/mol. The number of rotatable bonds is 3. The fraction of sp³-hybridized carbons (Fsp3) is 0.625. The SMILES string of the molecule is CC(C(O)Cn1cccn1)C(F)(F)F. The van der Waals surface area contributed by atoms with Crippen LogP contribution in [-0.4, -0.2) is 27.2 Å². The third-order valence-electron chi connectivity index (χ3n) is 2.03. The molecule has 80 valence electrons. The Labute approximate surface area is 79.2 Å². The second-order valence-electron chi connectivity index (χ2n) is 3.13. The lowest BCUT2D eigenvalue weighted by molar-refractivity contribution is -0.195. The summed E-state index contributed by atoms with van der Waals surface area (Å²) in [4.78, 5) is 0. The smallest absolute Gasteiger partial charge is 0.391 e. The van der Waals surface area contributed by atoms with Gasteiger partial charge in [-0.1, -0.05) is 6.92 Å². The van der Waals surface area contributed by atoms with Gasteiger partial charge < -0.3 is 5.11 Å². The number of hydrogen-bond acceptors (Lipinski definition) is 2. The van der Waals surface area contributed by atoms with E-state index < -0.39 is 18.2 Å². The molecule has 1 rings (SSSR count). The van der Waals surface area contributed by atoms with Crippen LogP contribution in [0.3, 0.4) is 0 Å². The number of aliphatic hydroxyl groups is 1. The molecule has 2 atom stereocenters. The Bertz CT molecular complexity index is 271. The third kappa shape index (κ3) is 2.73. The van der Waals surface area contributed by atoms with Gasteiger partial charge in [0.1, 0.15) is 0 Å². The lowest BCUT2D eigenvalue weighted by atomic mass is 10.1. The minimum Gasteiger partial charge on any atom is -0.391 e. The first-order chi connectivity index (χ1) is 6.41. The van der Waals surface area contributed by atoms with Crippen LogP contribution in [0.15, 0.2) is 18.5 Å². The first-order valence-corrected chi connectivity index (χ1v) is 4.13. The van der Waals surface area contributed by atoms with Gasteiger partial charge in [-0.3, -0.25) is 4.68 Å². The quantitative estimate of drug-likeness (QED) is 0.816. The predicted octanol–water partition coefficient (Wildman–Crippen LogP) is 1.44. The summed E-state index contributed by atoms with van der Waals surface area (Å²) in [5.74, 6) is -1.74. The van der Waals surface area contributed by atoms with Gasteiger partial charge in [0.05, 0.1) is 18.6 Å². The molecule has 2 unspecified atom stereocenters. The summed E-state index contributed by atoms with van der Waals surface area (Å²) >= 11 is 0. The van der Waals surface area contributed by atoms with Crippen LogP contribution in [0, 0.1) is 5.92 Å². The highest BCUT2D eigenvalue weighted by atomic mass is 19.4. The Hall–Kier alpha value is -1.04. The molecule has 0 amide bonds. The summed E-state index contributed by atoms with van der Waals surface area (Å²) < 4.78 is 37.7. The largest absolute Gasteiger partial charge is 0.394 e. The molecule has 0 saturated carbocycles. The van der Waals surface area contributed by atoms with E-state index in [2.05, 4.69) is 5.10 Å². The molecule has 1 N–H and O–H groups in total. The first-order valence-electron chi connectivity index (χ1n) is 4.13. The monoisotopic (exact) mass is 208 g/mol. The summed E-state index contributed by atoms with van der Waals surface area (Å²) in [6.07, 6.45) is -2.88. The van der Waals surface area contributed by atoms with Crippen molar-refractivity contribution in [3.63, 3.8) is 0 Å². The lowest BCUT2D eigenvalue weighted by Gasteiger charge is -2.21. The van der Waals surface area contributed by atoms with E-state index in [1.165, 1.54) is 17.1 Å². The van der Waals surface area contributed by atoms with E-state index in [1.807, 2.05) is 0 Å². The van der Waals surface area contributed by atoms with E-state index in [1.54, 1.807) is 6.07 Å². The molecule has 0 aliphatic rings. The van der Waals surface area contributed by atoms with Crippen LogP contribution in [0.2, 0.25) is 0 Å². The highest BCUT2D eigenvalue weighted by Gasteiger charge is 2.40. The van der Waals surface area contributed by atoms with Crippen LogP contribution in [0.1, 0.15) is 6.92 Å². The topological polar surface area (TPSA) is 38.0 Å². The van der Waals surface area contributed by atoms with Gasteiger partial charge in [0.15, 0.2) is 0 Å². The molecule has 0 bridgehead atoms. The van der Waals surface area contributed by atoms with Crippen LogP contribution in [-0.2, 0) is 6.54 Å². The normalized spacial score (nSPS) is 16.6. The summed E-state index contributed by atoms with van der Waals surface area (Å²) in [6, 6.07) is 1.59. The number of alkyl halides is 3. The van der Waals surface area contributed by atoms with E-state index in [4.69, 9.17) is 0 Å². The maximum absolute atomic E-state index is 12.1. The zero-order valence-corrected chi connectivity index (χ0v) is 7.57. The number of aliphatic hydroxyl groups excluding tert-OH is 1. The molecule has 1 aromatic heterocycles. The van der Waals surface area contributed by atoms with Crippen molar-refractivity contribution in [3.05, 3.63) is 18.5 Å². The zero-order valence-electron chi connectivity index (χ0n) is 7.57. The van der Waals surface area contributed by atoms with E-state index in [0.29, 0.717) is 0 Å². The maximum atomic E-state index is 12.1. The molecule has 1 heterocycles. The zero-order chi connectivity index (χ0) is 10.8. The van der Waals surface area contributed by atoms with E-state index in [-0.39, 0.29) is 6.54 Å². The summed E-state index contributed by atoms with van der Waals surface area (Å²) in [5, 5.41) is 13.0. The molecule has 3 nitrogen and oxygen atoms in total. The lowest BCUT2D eigenvalue weighted by Crippen LogP contribution is -2.34. The molecule has 0 spiro atoms. The fourth-order valence-electron chi connectivity index (χ4n) is 0.976. The fourth-order valence-corrected chi connectivity index (χ4v) is 0.976. The summed E-state index contributed by atoms with van der Waals surface area (Å²) in [6.45, 7) is 0.807. The van der Waals surface area contributed by atoms with Crippen molar-refractivity contribution in [2.24, 2.45) is 5.92 Å². The van der Waals surface area contributed by atoms with Crippen molar-refractivity contribution in [3.8, 4) is 0 Å². The average Bonchev–Trinajstić information content (AvgIpc) is 2.53. The predicted molar refractivity (Wildman–Crippen MR) is 43.5 cm³/mol. The third-order valence-corrected chi connectivity index (χ3v) is 2.03. The highest BCUT2D eigenvalue weighted by Crippen LogP contribution is 2.28. The molecule has 1 aromatic rings.